The van der Waals surface area contributed by atoms with Crippen molar-refractivity contribution in [2.24, 2.45) is 0 Å². The van der Waals surface area contributed by atoms with Gasteiger partial charge in [0.05, 0.1) is 26.4 Å². The van der Waals surface area contributed by atoms with Gasteiger partial charge < -0.3 is 9.47 Å². The van der Waals surface area contributed by atoms with Crippen LogP contribution in [0.2, 0.25) is 0 Å². The van der Waals surface area contributed by atoms with Gasteiger partial charge in [-0.2, -0.15) is 0 Å². The van der Waals surface area contributed by atoms with E-state index in [-0.39, 0.29) is 5.41 Å². The molecule has 4 nitrogen and oxygen atoms in total. The molecule has 0 atom stereocenters. The summed E-state index contributed by atoms with van der Waals surface area (Å²) in [6.45, 7) is 14.0. The van der Waals surface area contributed by atoms with Crippen LogP contribution in [0.1, 0.15) is 22.3 Å². The van der Waals surface area contributed by atoms with Crippen LogP contribution in [0, 0.1) is 13.8 Å². The molecule has 3 aliphatic rings. The molecule has 29 heavy (non-hydrogen) atoms. The van der Waals surface area contributed by atoms with Crippen LogP contribution >= 0.6 is 0 Å². The Kier molecular flexibility index (Phi) is 5.21. The molecule has 2 fully saturated rings. The lowest BCUT2D eigenvalue weighted by Gasteiger charge is -2.42. The van der Waals surface area contributed by atoms with Gasteiger partial charge in [0.2, 0.25) is 0 Å². The molecule has 0 bridgehead atoms. The number of ether oxygens (including phenoxy) is 2. The van der Waals surface area contributed by atoms with Crippen LogP contribution < -0.4 is 0 Å². The lowest BCUT2D eigenvalue weighted by atomic mass is 9.76. The maximum Gasteiger partial charge on any atom is 0.0594 e. The topological polar surface area (TPSA) is 24.9 Å². The Morgan fingerprint density at radius 1 is 0.690 bits per heavy atom. The van der Waals surface area contributed by atoms with Crippen LogP contribution in [-0.4, -0.2) is 75.5 Å². The van der Waals surface area contributed by atoms with E-state index in [0.29, 0.717) is 0 Å². The monoisotopic (exact) mass is 392 g/mol. The van der Waals surface area contributed by atoms with Crippen LogP contribution in [0.15, 0.2) is 36.4 Å². The van der Waals surface area contributed by atoms with Crippen molar-refractivity contribution in [2.45, 2.75) is 19.3 Å². The quantitative estimate of drug-likeness (QED) is 0.798. The smallest absolute Gasteiger partial charge is 0.0594 e. The first-order chi connectivity index (χ1) is 14.2. The molecule has 4 heteroatoms. The number of hydrogen-bond acceptors (Lipinski definition) is 4. The SMILES string of the molecule is Cc1ccc2c(c1)C(CN1CCOCC1)(CN1CCOCC1)c1cc(C)ccc1-2. The molecule has 2 heterocycles. The van der Waals surface area contributed by atoms with Crippen molar-refractivity contribution in [3.05, 3.63) is 58.7 Å². The Morgan fingerprint density at radius 3 is 1.52 bits per heavy atom. The molecule has 0 saturated carbocycles. The molecule has 5 rings (SSSR count). The average Bonchev–Trinajstić information content (AvgIpc) is 2.98. The molecule has 0 radical (unpaired) electrons. The molecule has 0 unspecified atom stereocenters. The molecule has 2 aromatic carbocycles. The lowest BCUT2D eigenvalue weighted by molar-refractivity contribution is 0.0112. The molecule has 2 aromatic rings. The normalized spacial score (nSPS) is 21.7. The predicted octanol–water partition coefficient (Wildman–Crippen LogP) is 3.23. The Balaban J connectivity index is 1.65. The van der Waals surface area contributed by atoms with Crippen molar-refractivity contribution >= 4 is 0 Å². The van der Waals surface area contributed by atoms with E-state index in [1.165, 1.54) is 33.4 Å². The highest BCUT2D eigenvalue weighted by Crippen LogP contribution is 2.50. The molecule has 0 amide bonds. The highest BCUT2D eigenvalue weighted by atomic mass is 16.5. The third-order valence-electron chi connectivity index (χ3n) is 6.87. The zero-order valence-electron chi connectivity index (χ0n) is 17.7. The van der Waals surface area contributed by atoms with Crippen molar-refractivity contribution in [3.63, 3.8) is 0 Å². The molecular weight excluding hydrogens is 360 g/mol. The van der Waals surface area contributed by atoms with E-state index >= 15 is 0 Å². The van der Waals surface area contributed by atoms with Crippen molar-refractivity contribution in [3.8, 4) is 11.1 Å². The van der Waals surface area contributed by atoms with E-state index in [2.05, 4.69) is 60.0 Å². The third kappa shape index (κ3) is 3.53. The first kappa shape index (κ1) is 19.3. The molecule has 154 valence electrons. The van der Waals surface area contributed by atoms with Gasteiger partial charge in [-0.15, -0.1) is 0 Å². The second kappa shape index (κ2) is 7.84. The fourth-order valence-electron chi connectivity index (χ4n) is 5.40. The van der Waals surface area contributed by atoms with Crippen LogP contribution in [0.25, 0.3) is 11.1 Å². The van der Waals surface area contributed by atoms with E-state index in [1.807, 2.05) is 0 Å². The molecule has 2 aliphatic heterocycles. The predicted molar refractivity (Wildman–Crippen MR) is 117 cm³/mol. The van der Waals surface area contributed by atoms with Gasteiger partial charge in [0.15, 0.2) is 0 Å². The van der Waals surface area contributed by atoms with E-state index in [1.54, 1.807) is 0 Å². The second-order valence-electron chi connectivity index (χ2n) is 8.96. The summed E-state index contributed by atoms with van der Waals surface area (Å²) in [4.78, 5) is 5.24. The maximum atomic E-state index is 5.66. The minimum Gasteiger partial charge on any atom is -0.379 e. The van der Waals surface area contributed by atoms with E-state index in [0.717, 1.165) is 65.7 Å². The summed E-state index contributed by atoms with van der Waals surface area (Å²) in [5, 5.41) is 0. The summed E-state index contributed by atoms with van der Waals surface area (Å²) in [7, 11) is 0. The largest absolute Gasteiger partial charge is 0.379 e. The number of benzene rings is 2. The molecular formula is C25H32N2O2. The number of morpholine rings is 2. The van der Waals surface area contributed by atoms with Gasteiger partial charge >= 0.3 is 0 Å². The minimum absolute atomic E-state index is 0.00259. The van der Waals surface area contributed by atoms with Gasteiger partial charge in [-0.25, -0.2) is 0 Å². The molecule has 0 spiro atoms. The summed E-state index contributed by atoms with van der Waals surface area (Å²) < 4.78 is 11.3. The van der Waals surface area contributed by atoms with Crippen LogP contribution in [0.5, 0.6) is 0 Å². The zero-order valence-corrected chi connectivity index (χ0v) is 17.7. The number of fused-ring (bicyclic) bond motifs is 3. The minimum atomic E-state index is -0.00259. The van der Waals surface area contributed by atoms with E-state index in [4.69, 9.17) is 9.47 Å². The third-order valence-corrected chi connectivity index (χ3v) is 6.87. The van der Waals surface area contributed by atoms with E-state index < -0.39 is 0 Å². The van der Waals surface area contributed by atoms with Crippen LogP contribution in [-0.2, 0) is 14.9 Å². The summed E-state index contributed by atoms with van der Waals surface area (Å²) in [6, 6.07) is 14.1. The van der Waals surface area contributed by atoms with Gasteiger partial charge in [-0.05, 0) is 36.1 Å². The lowest BCUT2D eigenvalue weighted by Crippen LogP contribution is -2.52. The Morgan fingerprint density at radius 2 is 1.10 bits per heavy atom. The highest BCUT2D eigenvalue weighted by molar-refractivity contribution is 5.82. The fourth-order valence-corrected chi connectivity index (χ4v) is 5.40. The fraction of sp³-hybridized carbons (Fsp3) is 0.520. The van der Waals surface area contributed by atoms with Crippen molar-refractivity contribution in [1.82, 2.24) is 9.80 Å². The van der Waals surface area contributed by atoms with E-state index in [9.17, 15) is 0 Å². The van der Waals surface area contributed by atoms with Gasteiger partial charge in [0.25, 0.3) is 0 Å². The summed E-state index contributed by atoms with van der Waals surface area (Å²) in [5.74, 6) is 0. The second-order valence-corrected chi connectivity index (χ2v) is 8.96. The maximum absolute atomic E-state index is 5.66. The number of nitrogens with zero attached hydrogens (tertiary/aromatic N) is 2. The van der Waals surface area contributed by atoms with Crippen LogP contribution in [0.4, 0.5) is 0 Å². The van der Waals surface area contributed by atoms with Gasteiger partial charge in [-0.3, -0.25) is 9.80 Å². The Hall–Kier alpha value is -1.72. The molecule has 0 N–H and O–H groups in total. The first-order valence-corrected chi connectivity index (χ1v) is 11.0. The highest BCUT2D eigenvalue weighted by Gasteiger charge is 2.45. The molecule has 1 aliphatic carbocycles. The number of aryl methyl sites for hydroxylation is 2. The van der Waals surface area contributed by atoms with Gasteiger partial charge in [-0.1, -0.05) is 47.5 Å². The summed E-state index contributed by atoms with van der Waals surface area (Å²) in [6.07, 6.45) is 0. The first-order valence-electron chi connectivity index (χ1n) is 11.0. The number of rotatable bonds is 4. The Bertz CT molecular complexity index is 809. The van der Waals surface area contributed by atoms with Crippen molar-refractivity contribution < 1.29 is 9.47 Å². The molecule has 2 saturated heterocycles. The zero-order chi connectivity index (χ0) is 19.8. The van der Waals surface area contributed by atoms with Gasteiger partial charge in [0.1, 0.15) is 0 Å². The summed E-state index contributed by atoms with van der Waals surface area (Å²) in [5.41, 5.74) is 8.56. The Labute approximate surface area is 174 Å². The number of hydrogen-bond donors (Lipinski definition) is 0. The van der Waals surface area contributed by atoms with Gasteiger partial charge in [0, 0.05) is 44.7 Å². The molecule has 0 aromatic heterocycles. The summed E-state index contributed by atoms with van der Waals surface area (Å²) >= 11 is 0. The average molecular weight is 393 g/mol. The standard InChI is InChI=1S/C25H32N2O2/c1-19-3-5-21-22-6-4-20(2)16-24(22)25(23(21)15-19,17-26-7-11-28-12-8-26)18-27-9-13-29-14-10-27/h3-6,15-16H,7-14,17-18H2,1-2H3. The van der Waals surface area contributed by atoms with Crippen LogP contribution in [0.3, 0.4) is 0 Å². The van der Waals surface area contributed by atoms with Crippen molar-refractivity contribution in [1.29, 1.82) is 0 Å². The van der Waals surface area contributed by atoms with Crippen molar-refractivity contribution in [2.75, 3.05) is 65.7 Å².